The Morgan fingerprint density at radius 1 is 1.06 bits per heavy atom. The fraction of sp³-hybridized carbons (Fsp3) is 0.231. The van der Waals surface area contributed by atoms with Gasteiger partial charge in [-0.25, -0.2) is 0 Å². The number of nitrogens with two attached hydrogens (primary N) is 1. The third-order valence-corrected chi connectivity index (χ3v) is 5.65. The predicted octanol–water partition coefficient (Wildman–Crippen LogP) is 4.46. The highest BCUT2D eigenvalue weighted by Crippen LogP contribution is 2.25. The summed E-state index contributed by atoms with van der Waals surface area (Å²) in [7, 11) is 0. The standard InChI is InChI=1S/C26H27N3O3/c1-18-13-14-29(16-18)22-11-9-21(10-12-22)28-26(31)20-6-4-5-19(15-20)17-32-24-8-3-2-7-23(24)25(27)30/h2-12,15,18H,13-14,16-17H2,1H3,(H2,27,30)(H,28,31). The van der Waals surface area contributed by atoms with Gasteiger partial charge in [0.25, 0.3) is 11.8 Å². The minimum atomic E-state index is -0.543. The van der Waals surface area contributed by atoms with Crippen LogP contribution in [0, 0.1) is 5.92 Å². The summed E-state index contributed by atoms with van der Waals surface area (Å²) >= 11 is 0. The van der Waals surface area contributed by atoms with Crippen LogP contribution in [0.2, 0.25) is 0 Å². The van der Waals surface area contributed by atoms with E-state index in [1.54, 1.807) is 36.4 Å². The summed E-state index contributed by atoms with van der Waals surface area (Å²) in [4.78, 5) is 26.7. The summed E-state index contributed by atoms with van der Waals surface area (Å²) < 4.78 is 5.77. The normalized spacial score (nSPS) is 15.4. The number of carbonyl (C=O) groups is 2. The van der Waals surface area contributed by atoms with Gasteiger partial charge in [-0.1, -0.05) is 31.2 Å². The van der Waals surface area contributed by atoms with Gasteiger partial charge in [0.2, 0.25) is 0 Å². The molecule has 0 spiro atoms. The topological polar surface area (TPSA) is 84.7 Å². The van der Waals surface area contributed by atoms with E-state index in [0.29, 0.717) is 16.9 Å². The first-order valence-electron chi connectivity index (χ1n) is 10.8. The second-order valence-corrected chi connectivity index (χ2v) is 8.19. The molecule has 0 saturated carbocycles. The summed E-state index contributed by atoms with van der Waals surface area (Å²) in [5, 5.41) is 2.95. The van der Waals surface area contributed by atoms with Crippen molar-refractivity contribution in [1.82, 2.24) is 0 Å². The van der Waals surface area contributed by atoms with Gasteiger partial charge in [0.1, 0.15) is 12.4 Å². The van der Waals surface area contributed by atoms with E-state index in [1.807, 2.05) is 36.4 Å². The number of benzene rings is 3. The van der Waals surface area contributed by atoms with Crippen LogP contribution in [0.15, 0.2) is 72.8 Å². The summed E-state index contributed by atoms with van der Waals surface area (Å²) in [6, 6.07) is 22.0. The van der Waals surface area contributed by atoms with Gasteiger partial charge in [0.15, 0.2) is 0 Å². The first-order chi connectivity index (χ1) is 15.5. The van der Waals surface area contributed by atoms with E-state index in [1.165, 1.54) is 12.1 Å². The van der Waals surface area contributed by atoms with E-state index in [2.05, 4.69) is 17.1 Å². The highest BCUT2D eigenvalue weighted by Gasteiger charge is 2.18. The highest BCUT2D eigenvalue weighted by molar-refractivity contribution is 6.04. The Bertz CT molecular complexity index is 1110. The van der Waals surface area contributed by atoms with Crippen LogP contribution in [0.3, 0.4) is 0 Å². The molecule has 6 heteroatoms. The lowest BCUT2D eigenvalue weighted by molar-refractivity contribution is 0.0994. The van der Waals surface area contributed by atoms with Crippen LogP contribution in [0.4, 0.5) is 11.4 Å². The van der Waals surface area contributed by atoms with E-state index in [9.17, 15) is 9.59 Å². The number of anilines is 2. The molecule has 1 atom stereocenters. The van der Waals surface area contributed by atoms with Crippen LogP contribution in [0.1, 0.15) is 39.6 Å². The quantitative estimate of drug-likeness (QED) is 0.581. The van der Waals surface area contributed by atoms with Crippen molar-refractivity contribution in [2.45, 2.75) is 20.0 Å². The van der Waals surface area contributed by atoms with Gasteiger partial charge < -0.3 is 20.7 Å². The molecule has 2 amide bonds. The number of para-hydroxylation sites is 1. The van der Waals surface area contributed by atoms with Crippen LogP contribution in [0.25, 0.3) is 0 Å². The molecule has 0 bridgehead atoms. The van der Waals surface area contributed by atoms with Gasteiger partial charge in [-0.2, -0.15) is 0 Å². The average Bonchev–Trinajstić information content (AvgIpc) is 3.24. The number of rotatable bonds is 7. The molecule has 1 heterocycles. The summed E-state index contributed by atoms with van der Waals surface area (Å²) in [5.41, 5.74) is 9.01. The van der Waals surface area contributed by atoms with Crippen molar-refractivity contribution in [3.63, 3.8) is 0 Å². The Labute approximate surface area is 188 Å². The van der Waals surface area contributed by atoms with Gasteiger partial charge in [-0.15, -0.1) is 0 Å². The number of hydrogen-bond acceptors (Lipinski definition) is 4. The number of carbonyl (C=O) groups excluding carboxylic acids is 2. The molecule has 1 aliphatic rings. The van der Waals surface area contributed by atoms with Crippen molar-refractivity contribution in [2.75, 3.05) is 23.3 Å². The molecule has 6 nitrogen and oxygen atoms in total. The van der Waals surface area contributed by atoms with Crippen molar-refractivity contribution in [2.24, 2.45) is 11.7 Å². The Kier molecular flexibility index (Phi) is 6.40. The van der Waals surface area contributed by atoms with Gasteiger partial charge in [-0.3, -0.25) is 9.59 Å². The number of nitrogens with zero attached hydrogens (tertiary/aromatic N) is 1. The molecule has 4 rings (SSSR count). The first kappa shape index (κ1) is 21.4. The molecule has 32 heavy (non-hydrogen) atoms. The maximum absolute atomic E-state index is 12.7. The second-order valence-electron chi connectivity index (χ2n) is 8.19. The maximum Gasteiger partial charge on any atom is 0.255 e. The lowest BCUT2D eigenvalue weighted by Crippen LogP contribution is -2.19. The zero-order chi connectivity index (χ0) is 22.5. The minimum Gasteiger partial charge on any atom is -0.488 e. The van der Waals surface area contributed by atoms with Crippen LogP contribution < -0.4 is 20.7 Å². The Morgan fingerprint density at radius 2 is 1.84 bits per heavy atom. The fourth-order valence-corrected chi connectivity index (χ4v) is 3.89. The van der Waals surface area contributed by atoms with Crippen LogP contribution >= 0.6 is 0 Å². The fourth-order valence-electron chi connectivity index (χ4n) is 3.89. The largest absolute Gasteiger partial charge is 0.488 e. The molecule has 0 aromatic heterocycles. The maximum atomic E-state index is 12.7. The van der Waals surface area contributed by atoms with E-state index in [0.717, 1.165) is 30.3 Å². The Balaban J connectivity index is 1.39. The number of nitrogens with one attached hydrogen (secondary N) is 1. The molecule has 1 fully saturated rings. The molecule has 0 radical (unpaired) electrons. The first-order valence-corrected chi connectivity index (χ1v) is 10.8. The lowest BCUT2D eigenvalue weighted by Gasteiger charge is -2.18. The average molecular weight is 430 g/mol. The third-order valence-electron chi connectivity index (χ3n) is 5.65. The monoisotopic (exact) mass is 429 g/mol. The SMILES string of the molecule is CC1CCN(c2ccc(NC(=O)c3cccc(COc4ccccc4C(N)=O)c3)cc2)C1. The molecule has 1 saturated heterocycles. The van der Waals surface area contributed by atoms with Gasteiger partial charge in [0, 0.05) is 30.0 Å². The van der Waals surface area contributed by atoms with Crippen LogP contribution in [-0.2, 0) is 6.61 Å². The smallest absolute Gasteiger partial charge is 0.255 e. The zero-order valence-corrected chi connectivity index (χ0v) is 18.1. The molecule has 164 valence electrons. The van der Waals surface area contributed by atoms with Crippen molar-refractivity contribution >= 4 is 23.2 Å². The summed E-state index contributed by atoms with van der Waals surface area (Å²) in [6.07, 6.45) is 1.21. The zero-order valence-electron chi connectivity index (χ0n) is 18.1. The molecule has 1 aliphatic heterocycles. The van der Waals surface area contributed by atoms with E-state index in [4.69, 9.17) is 10.5 Å². The molecular weight excluding hydrogens is 402 g/mol. The van der Waals surface area contributed by atoms with Gasteiger partial charge in [0.05, 0.1) is 5.56 Å². The predicted molar refractivity (Wildman–Crippen MR) is 126 cm³/mol. The summed E-state index contributed by atoms with van der Waals surface area (Å²) in [6.45, 7) is 4.63. The Hall–Kier alpha value is -3.80. The number of amides is 2. The number of primary amides is 1. The summed E-state index contributed by atoms with van der Waals surface area (Å²) in [5.74, 6) is 0.406. The van der Waals surface area contributed by atoms with Crippen LogP contribution in [0.5, 0.6) is 5.75 Å². The minimum absolute atomic E-state index is 0.188. The lowest BCUT2D eigenvalue weighted by atomic mass is 10.1. The van der Waals surface area contributed by atoms with Gasteiger partial charge >= 0.3 is 0 Å². The van der Waals surface area contributed by atoms with Crippen molar-refractivity contribution in [1.29, 1.82) is 0 Å². The Morgan fingerprint density at radius 3 is 2.56 bits per heavy atom. The molecule has 0 aliphatic carbocycles. The van der Waals surface area contributed by atoms with Crippen molar-refractivity contribution in [3.8, 4) is 5.75 Å². The molecule has 3 N–H and O–H groups in total. The van der Waals surface area contributed by atoms with Crippen LogP contribution in [-0.4, -0.2) is 24.9 Å². The van der Waals surface area contributed by atoms with Crippen molar-refractivity contribution < 1.29 is 14.3 Å². The molecule has 1 unspecified atom stereocenters. The van der Waals surface area contributed by atoms with E-state index in [-0.39, 0.29) is 12.5 Å². The van der Waals surface area contributed by atoms with Crippen molar-refractivity contribution in [3.05, 3.63) is 89.5 Å². The number of ether oxygens (including phenoxy) is 1. The van der Waals surface area contributed by atoms with E-state index < -0.39 is 5.91 Å². The van der Waals surface area contributed by atoms with E-state index >= 15 is 0 Å². The third kappa shape index (κ3) is 5.09. The second kappa shape index (κ2) is 9.56. The molecule has 3 aromatic carbocycles. The van der Waals surface area contributed by atoms with Gasteiger partial charge in [-0.05, 0) is 66.4 Å². The molecular formula is C26H27N3O3. The highest BCUT2D eigenvalue weighted by atomic mass is 16.5. The molecule has 3 aromatic rings. The number of hydrogen-bond donors (Lipinski definition) is 2.